The molecule has 0 unspecified atom stereocenters. The standard InChI is InChI=1S/C17H18O3/c1-16(15(18)19,13-9-5-3-6-10-13)17(2,20)14-11-7-4-8-12-14/h3-12,20H,1-2H3,(H,18,19)/t16-,17-/m0/s1. The molecule has 3 nitrogen and oxygen atoms in total. The quantitative estimate of drug-likeness (QED) is 0.898. The van der Waals surface area contributed by atoms with Crippen molar-refractivity contribution in [1.29, 1.82) is 0 Å². The zero-order chi connectivity index (χ0) is 14.8. The lowest BCUT2D eigenvalue weighted by molar-refractivity contribution is -0.155. The van der Waals surface area contributed by atoms with E-state index in [1.165, 1.54) is 0 Å². The Hall–Kier alpha value is -2.13. The minimum Gasteiger partial charge on any atom is -0.480 e. The van der Waals surface area contributed by atoms with E-state index in [-0.39, 0.29) is 0 Å². The molecule has 0 heterocycles. The first-order valence-corrected chi connectivity index (χ1v) is 6.47. The van der Waals surface area contributed by atoms with Crippen LogP contribution in [0, 0.1) is 0 Å². The van der Waals surface area contributed by atoms with Crippen LogP contribution < -0.4 is 0 Å². The smallest absolute Gasteiger partial charge is 0.317 e. The van der Waals surface area contributed by atoms with Gasteiger partial charge in [0.25, 0.3) is 0 Å². The van der Waals surface area contributed by atoms with E-state index >= 15 is 0 Å². The Bertz CT molecular complexity index is 590. The summed E-state index contributed by atoms with van der Waals surface area (Å²) in [6, 6.07) is 17.7. The molecule has 0 radical (unpaired) electrons. The number of carboxylic acids is 1. The van der Waals surface area contributed by atoms with Gasteiger partial charge in [-0.3, -0.25) is 4.79 Å². The summed E-state index contributed by atoms with van der Waals surface area (Å²) in [6.45, 7) is 3.10. The highest BCUT2D eigenvalue weighted by Gasteiger charge is 2.51. The zero-order valence-corrected chi connectivity index (χ0v) is 11.6. The van der Waals surface area contributed by atoms with Gasteiger partial charge in [0.2, 0.25) is 0 Å². The summed E-state index contributed by atoms with van der Waals surface area (Å²) in [4.78, 5) is 11.9. The van der Waals surface area contributed by atoms with Gasteiger partial charge in [-0.05, 0) is 25.0 Å². The highest BCUT2D eigenvalue weighted by atomic mass is 16.4. The van der Waals surface area contributed by atoms with E-state index in [9.17, 15) is 15.0 Å². The van der Waals surface area contributed by atoms with Gasteiger partial charge in [0.15, 0.2) is 0 Å². The molecule has 2 atom stereocenters. The third-order valence-electron chi connectivity index (χ3n) is 4.09. The summed E-state index contributed by atoms with van der Waals surface area (Å²) in [5.41, 5.74) is -1.81. The van der Waals surface area contributed by atoms with Crippen LogP contribution in [0.3, 0.4) is 0 Å². The van der Waals surface area contributed by atoms with Gasteiger partial charge >= 0.3 is 5.97 Å². The van der Waals surface area contributed by atoms with E-state index in [0.717, 1.165) is 0 Å². The molecule has 0 fully saturated rings. The topological polar surface area (TPSA) is 57.5 Å². The molecule has 0 aliphatic carbocycles. The zero-order valence-electron chi connectivity index (χ0n) is 11.6. The van der Waals surface area contributed by atoms with Crippen LogP contribution in [-0.2, 0) is 15.8 Å². The molecule has 3 heteroatoms. The predicted molar refractivity (Wildman–Crippen MR) is 77.4 cm³/mol. The fourth-order valence-corrected chi connectivity index (χ4v) is 2.44. The normalized spacial score (nSPS) is 16.9. The molecule has 0 amide bonds. The summed E-state index contributed by atoms with van der Waals surface area (Å²) in [6.07, 6.45) is 0. The number of rotatable bonds is 4. The van der Waals surface area contributed by atoms with Crippen molar-refractivity contribution < 1.29 is 15.0 Å². The minimum absolute atomic E-state index is 0.571. The van der Waals surface area contributed by atoms with Crippen molar-refractivity contribution in [1.82, 2.24) is 0 Å². The van der Waals surface area contributed by atoms with Gasteiger partial charge in [-0.1, -0.05) is 60.7 Å². The first kappa shape index (κ1) is 14.3. The Morgan fingerprint density at radius 1 is 0.850 bits per heavy atom. The number of hydrogen-bond acceptors (Lipinski definition) is 2. The number of aliphatic hydroxyl groups is 1. The van der Waals surface area contributed by atoms with Crippen LogP contribution in [0.15, 0.2) is 60.7 Å². The third kappa shape index (κ3) is 2.10. The maximum atomic E-state index is 11.9. The summed E-state index contributed by atoms with van der Waals surface area (Å²) < 4.78 is 0. The fraction of sp³-hybridized carbons (Fsp3) is 0.235. The van der Waals surface area contributed by atoms with E-state index in [2.05, 4.69) is 0 Å². The molecule has 2 rings (SSSR count). The Labute approximate surface area is 118 Å². The fourth-order valence-electron chi connectivity index (χ4n) is 2.44. The van der Waals surface area contributed by atoms with Crippen molar-refractivity contribution in [2.75, 3.05) is 0 Å². The first-order valence-electron chi connectivity index (χ1n) is 6.47. The van der Waals surface area contributed by atoms with E-state index in [4.69, 9.17) is 0 Å². The van der Waals surface area contributed by atoms with Crippen molar-refractivity contribution >= 4 is 5.97 Å². The van der Waals surface area contributed by atoms with Gasteiger partial charge < -0.3 is 10.2 Å². The minimum atomic E-state index is -1.53. The molecular formula is C17H18O3. The van der Waals surface area contributed by atoms with Crippen LogP contribution in [0.2, 0.25) is 0 Å². The molecule has 0 saturated heterocycles. The molecule has 0 spiro atoms. The Morgan fingerprint density at radius 2 is 1.25 bits per heavy atom. The summed E-state index contributed by atoms with van der Waals surface area (Å²) in [7, 11) is 0. The van der Waals surface area contributed by atoms with Gasteiger partial charge in [-0.15, -0.1) is 0 Å². The lowest BCUT2D eigenvalue weighted by Gasteiger charge is -2.40. The monoisotopic (exact) mass is 270 g/mol. The molecule has 2 aromatic rings. The van der Waals surface area contributed by atoms with E-state index < -0.39 is 17.0 Å². The maximum absolute atomic E-state index is 11.9. The molecule has 20 heavy (non-hydrogen) atoms. The van der Waals surface area contributed by atoms with Gasteiger partial charge in [-0.2, -0.15) is 0 Å². The molecule has 0 saturated carbocycles. The van der Waals surface area contributed by atoms with Gasteiger partial charge in [-0.25, -0.2) is 0 Å². The SMILES string of the molecule is C[C@](O)(c1ccccc1)[C@](C)(C(=O)O)c1ccccc1. The van der Waals surface area contributed by atoms with E-state index in [1.54, 1.807) is 62.4 Å². The molecule has 0 aliphatic heterocycles. The average molecular weight is 270 g/mol. The van der Waals surface area contributed by atoms with Crippen LogP contribution in [0.5, 0.6) is 0 Å². The summed E-state index contributed by atoms with van der Waals surface area (Å²) in [5.74, 6) is -1.06. The van der Waals surface area contributed by atoms with Crippen molar-refractivity contribution in [3.63, 3.8) is 0 Å². The lowest BCUT2D eigenvalue weighted by Crippen LogP contribution is -2.50. The number of benzene rings is 2. The van der Waals surface area contributed by atoms with Crippen LogP contribution >= 0.6 is 0 Å². The Kier molecular flexibility index (Phi) is 3.64. The van der Waals surface area contributed by atoms with Gasteiger partial charge in [0.1, 0.15) is 11.0 Å². The van der Waals surface area contributed by atoms with Crippen LogP contribution in [-0.4, -0.2) is 16.2 Å². The molecular weight excluding hydrogens is 252 g/mol. The highest BCUT2D eigenvalue weighted by molar-refractivity contribution is 5.83. The second kappa shape index (κ2) is 5.10. The molecule has 104 valence electrons. The molecule has 0 aliphatic rings. The van der Waals surface area contributed by atoms with Crippen molar-refractivity contribution in [3.8, 4) is 0 Å². The summed E-state index contributed by atoms with van der Waals surface area (Å²) >= 11 is 0. The first-order chi connectivity index (χ1) is 9.40. The van der Waals surface area contributed by atoms with Crippen molar-refractivity contribution in [2.24, 2.45) is 0 Å². The second-order valence-electron chi connectivity index (χ2n) is 5.23. The van der Waals surface area contributed by atoms with E-state index in [0.29, 0.717) is 11.1 Å². The molecule has 0 bridgehead atoms. The third-order valence-corrected chi connectivity index (χ3v) is 4.09. The lowest BCUT2D eigenvalue weighted by atomic mass is 9.66. The van der Waals surface area contributed by atoms with Gasteiger partial charge in [0, 0.05) is 0 Å². The van der Waals surface area contributed by atoms with Crippen LogP contribution in [0.4, 0.5) is 0 Å². The summed E-state index contributed by atoms with van der Waals surface area (Å²) in [5, 5.41) is 20.7. The van der Waals surface area contributed by atoms with Crippen molar-refractivity contribution in [2.45, 2.75) is 24.9 Å². The number of aliphatic carboxylic acids is 1. The number of carbonyl (C=O) groups is 1. The number of carboxylic acid groups (broad SMARTS) is 1. The predicted octanol–water partition coefficient (Wildman–Crippen LogP) is 2.94. The number of hydrogen-bond donors (Lipinski definition) is 2. The van der Waals surface area contributed by atoms with Gasteiger partial charge in [0.05, 0.1) is 0 Å². The highest BCUT2D eigenvalue weighted by Crippen LogP contribution is 2.42. The van der Waals surface area contributed by atoms with Crippen molar-refractivity contribution in [3.05, 3.63) is 71.8 Å². The largest absolute Gasteiger partial charge is 0.480 e. The Balaban J connectivity index is 2.62. The van der Waals surface area contributed by atoms with Crippen LogP contribution in [0.25, 0.3) is 0 Å². The molecule has 0 aromatic heterocycles. The Morgan fingerprint density at radius 3 is 1.65 bits per heavy atom. The van der Waals surface area contributed by atoms with E-state index in [1.807, 2.05) is 12.1 Å². The maximum Gasteiger partial charge on any atom is 0.317 e. The average Bonchev–Trinajstić information content (AvgIpc) is 2.47. The molecule has 2 N–H and O–H groups in total. The molecule has 2 aromatic carbocycles. The second-order valence-corrected chi connectivity index (χ2v) is 5.23. The van der Waals surface area contributed by atoms with Crippen LogP contribution in [0.1, 0.15) is 25.0 Å².